The molecule has 0 radical (unpaired) electrons. The zero-order valence-electron chi connectivity index (χ0n) is 11.9. The highest BCUT2D eigenvalue weighted by Crippen LogP contribution is 2.22. The van der Waals surface area contributed by atoms with Crippen LogP contribution in [0.3, 0.4) is 0 Å². The fraction of sp³-hybridized carbons (Fsp3) is 0.846. The Labute approximate surface area is 119 Å². The van der Waals surface area contributed by atoms with E-state index >= 15 is 0 Å². The minimum Gasteiger partial charge on any atom is -0.388 e. The molecule has 1 aromatic heterocycles. The summed E-state index contributed by atoms with van der Waals surface area (Å²) in [5, 5.41) is 13.6. The predicted octanol–water partition coefficient (Wildman–Crippen LogP) is 2.06. The van der Waals surface area contributed by atoms with E-state index in [0.717, 1.165) is 13.2 Å². The Hall–Kier alpha value is -0.720. The van der Waals surface area contributed by atoms with Crippen LogP contribution in [-0.4, -0.2) is 36.9 Å². The molecule has 6 heteroatoms. The third-order valence-corrected chi connectivity index (χ3v) is 4.57. The van der Waals surface area contributed by atoms with Crippen LogP contribution in [0, 0.1) is 4.77 Å². The molecule has 0 aromatic carbocycles. The SMILES string of the molecule is CCN(Cn1nc(CO)n(C)c1=S)C1CCCCC1. The highest BCUT2D eigenvalue weighted by Gasteiger charge is 2.21. The van der Waals surface area contributed by atoms with Crippen LogP contribution in [0.1, 0.15) is 44.9 Å². The summed E-state index contributed by atoms with van der Waals surface area (Å²) in [6.07, 6.45) is 6.58. The van der Waals surface area contributed by atoms with E-state index in [2.05, 4.69) is 16.9 Å². The molecule has 0 bridgehead atoms. The molecule has 5 nitrogen and oxygen atoms in total. The van der Waals surface area contributed by atoms with Gasteiger partial charge in [-0.25, -0.2) is 4.68 Å². The Bertz CT molecular complexity index is 462. The van der Waals surface area contributed by atoms with E-state index in [-0.39, 0.29) is 6.61 Å². The molecule has 1 aromatic rings. The standard InChI is InChI=1S/C13H24N4OS/c1-3-16(11-7-5-4-6-8-11)10-17-13(19)15(2)12(9-18)14-17/h11,18H,3-10H2,1-2H3. The topological polar surface area (TPSA) is 46.2 Å². The average molecular weight is 284 g/mol. The molecule has 1 fully saturated rings. The van der Waals surface area contributed by atoms with Gasteiger partial charge in [0.05, 0.1) is 6.67 Å². The van der Waals surface area contributed by atoms with E-state index < -0.39 is 0 Å². The fourth-order valence-corrected chi connectivity index (χ4v) is 3.06. The predicted molar refractivity (Wildman–Crippen MR) is 77.2 cm³/mol. The Balaban J connectivity index is 2.11. The molecule has 0 unspecified atom stereocenters. The van der Waals surface area contributed by atoms with Gasteiger partial charge in [0.15, 0.2) is 10.6 Å². The number of nitrogens with zero attached hydrogens (tertiary/aromatic N) is 4. The number of hydrogen-bond donors (Lipinski definition) is 1. The summed E-state index contributed by atoms with van der Waals surface area (Å²) in [4.78, 5) is 2.45. The molecule has 0 saturated heterocycles. The van der Waals surface area contributed by atoms with Crippen LogP contribution in [0.4, 0.5) is 0 Å². The largest absolute Gasteiger partial charge is 0.388 e. The van der Waals surface area contributed by atoms with Crippen LogP contribution < -0.4 is 0 Å². The van der Waals surface area contributed by atoms with Crippen LogP contribution in [0.5, 0.6) is 0 Å². The summed E-state index contributed by atoms with van der Waals surface area (Å²) < 4.78 is 4.29. The van der Waals surface area contributed by atoms with Crippen molar-refractivity contribution in [2.24, 2.45) is 7.05 Å². The number of aromatic nitrogens is 3. The second-order valence-corrected chi connectivity index (χ2v) is 5.62. The molecule has 0 spiro atoms. The lowest BCUT2D eigenvalue weighted by Crippen LogP contribution is -2.38. The zero-order valence-corrected chi connectivity index (χ0v) is 12.7. The van der Waals surface area contributed by atoms with Gasteiger partial charge in [-0.05, 0) is 31.6 Å². The Morgan fingerprint density at radius 1 is 1.37 bits per heavy atom. The molecular weight excluding hydrogens is 260 g/mol. The number of aliphatic hydroxyl groups excluding tert-OH is 1. The molecule has 1 heterocycles. The fourth-order valence-electron chi connectivity index (χ4n) is 2.85. The Kier molecular flexibility index (Phi) is 5.13. The first-order valence-electron chi connectivity index (χ1n) is 7.15. The van der Waals surface area contributed by atoms with Crippen molar-refractivity contribution in [2.75, 3.05) is 6.54 Å². The molecule has 2 rings (SSSR count). The number of aliphatic hydroxyl groups is 1. The van der Waals surface area contributed by atoms with Crippen molar-refractivity contribution in [3.63, 3.8) is 0 Å². The van der Waals surface area contributed by atoms with E-state index in [0.29, 0.717) is 16.6 Å². The maximum atomic E-state index is 9.24. The molecular formula is C13H24N4OS. The summed E-state index contributed by atoms with van der Waals surface area (Å²) in [6, 6.07) is 0.653. The lowest BCUT2D eigenvalue weighted by Gasteiger charge is -2.33. The lowest BCUT2D eigenvalue weighted by atomic mass is 9.94. The van der Waals surface area contributed by atoms with Crippen LogP contribution >= 0.6 is 12.2 Å². The quantitative estimate of drug-likeness (QED) is 0.841. The molecule has 19 heavy (non-hydrogen) atoms. The van der Waals surface area contributed by atoms with Crippen molar-refractivity contribution in [3.8, 4) is 0 Å². The van der Waals surface area contributed by atoms with Crippen molar-refractivity contribution in [2.45, 2.75) is 58.3 Å². The number of rotatable bonds is 5. The van der Waals surface area contributed by atoms with E-state index in [9.17, 15) is 5.11 Å². The first-order chi connectivity index (χ1) is 9.17. The van der Waals surface area contributed by atoms with E-state index in [1.54, 1.807) is 4.57 Å². The van der Waals surface area contributed by atoms with Crippen molar-refractivity contribution in [1.82, 2.24) is 19.2 Å². The summed E-state index contributed by atoms with van der Waals surface area (Å²) in [7, 11) is 1.86. The van der Waals surface area contributed by atoms with Gasteiger partial charge in [0, 0.05) is 13.1 Å². The van der Waals surface area contributed by atoms with Crippen LogP contribution in [0.2, 0.25) is 0 Å². The minimum atomic E-state index is -0.0668. The first kappa shape index (κ1) is 14.7. The van der Waals surface area contributed by atoms with Crippen molar-refractivity contribution in [3.05, 3.63) is 10.6 Å². The molecule has 1 aliphatic rings. The third-order valence-electron chi connectivity index (χ3n) is 4.09. The maximum Gasteiger partial charge on any atom is 0.198 e. The monoisotopic (exact) mass is 284 g/mol. The van der Waals surface area contributed by atoms with Crippen molar-refractivity contribution in [1.29, 1.82) is 0 Å². The van der Waals surface area contributed by atoms with E-state index in [1.807, 2.05) is 11.7 Å². The van der Waals surface area contributed by atoms with Crippen LogP contribution in [0.15, 0.2) is 0 Å². The highest BCUT2D eigenvalue weighted by molar-refractivity contribution is 7.71. The van der Waals surface area contributed by atoms with Gasteiger partial charge < -0.3 is 9.67 Å². The van der Waals surface area contributed by atoms with Crippen molar-refractivity contribution < 1.29 is 5.11 Å². The minimum absolute atomic E-state index is 0.0668. The molecule has 0 atom stereocenters. The smallest absolute Gasteiger partial charge is 0.198 e. The number of hydrogen-bond acceptors (Lipinski definition) is 4. The van der Waals surface area contributed by atoms with E-state index in [4.69, 9.17) is 12.2 Å². The van der Waals surface area contributed by atoms with Gasteiger partial charge in [0.25, 0.3) is 0 Å². The van der Waals surface area contributed by atoms with Gasteiger partial charge in [-0.3, -0.25) is 4.90 Å². The molecule has 1 saturated carbocycles. The van der Waals surface area contributed by atoms with Crippen LogP contribution in [0.25, 0.3) is 0 Å². The average Bonchev–Trinajstić information content (AvgIpc) is 2.73. The Morgan fingerprint density at radius 2 is 2.05 bits per heavy atom. The molecule has 1 aliphatic carbocycles. The second kappa shape index (κ2) is 6.63. The van der Waals surface area contributed by atoms with Gasteiger partial charge in [0.1, 0.15) is 6.61 Å². The zero-order chi connectivity index (χ0) is 13.8. The normalized spacial score (nSPS) is 17.3. The summed E-state index contributed by atoms with van der Waals surface area (Å²) in [5.74, 6) is 0.629. The summed E-state index contributed by atoms with van der Waals surface area (Å²) in [6.45, 7) is 3.86. The van der Waals surface area contributed by atoms with E-state index in [1.165, 1.54) is 32.1 Å². The van der Waals surface area contributed by atoms with Gasteiger partial charge in [-0.2, -0.15) is 5.10 Å². The van der Waals surface area contributed by atoms with Gasteiger partial charge in [0.2, 0.25) is 0 Å². The highest BCUT2D eigenvalue weighted by atomic mass is 32.1. The summed E-state index contributed by atoms with van der Waals surface area (Å²) >= 11 is 5.37. The summed E-state index contributed by atoms with van der Waals surface area (Å²) in [5.41, 5.74) is 0. The maximum absolute atomic E-state index is 9.24. The first-order valence-corrected chi connectivity index (χ1v) is 7.55. The molecule has 0 amide bonds. The molecule has 1 N–H and O–H groups in total. The van der Waals surface area contributed by atoms with Gasteiger partial charge in [-0.1, -0.05) is 26.2 Å². The second-order valence-electron chi connectivity index (χ2n) is 5.25. The van der Waals surface area contributed by atoms with Crippen LogP contribution in [-0.2, 0) is 20.3 Å². The third kappa shape index (κ3) is 3.24. The molecule has 108 valence electrons. The Morgan fingerprint density at radius 3 is 2.58 bits per heavy atom. The van der Waals surface area contributed by atoms with Crippen molar-refractivity contribution >= 4 is 12.2 Å². The van der Waals surface area contributed by atoms with Gasteiger partial charge >= 0.3 is 0 Å². The lowest BCUT2D eigenvalue weighted by molar-refractivity contribution is 0.118. The molecule has 0 aliphatic heterocycles. The van der Waals surface area contributed by atoms with Gasteiger partial charge in [-0.15, -0.1) is 0 Å².